The maximum Gasteiger partial charge on any atom is 0.0258 e. The minimum Gasteiger partial charge on any atom is -0.102 e. The number of allylic oxidation sites excluding steroid dienone is 1. The zero-order valence-electron chi connectivity index (χ0n) is 3.24. The topological polar surface area (TPSA) is 0 Å². The van der Waals surface area contributed by atoms with E-state index in [1.54, 1.807) is 0 Å². The molecule has 0 aromatic rings. The number of halogens is 1. The highest BCUT2D eigenvalue weighted by molar-refractivity contribution is 14.1. The van der Waals surface area contributed by atoms with E-state index in [2.05, 4.69) is 36.1 Å². The van der Waals surface area contributed by atoms with Gasteiger partial charge in [0.25, 0.3) is 0 Å². The lowest BCUT2D eigenvalue weighted by atomic mass is 10.5. The van der Waals surface area contributed by atoms with Gasteiger partial charge in [0.15, 0.2) is 0 Å². The normalized spacial score (nSPS) is 14.0. The second-order valence-electron chi connectivity index (χ2n) is 0.913. The van der Waals surface area contributed by atoms with Crippen LogP contribution < -0.4 is 0 Å². The molecule has 0 aliphatic carbocycles. The molecule has 0 heterocycles. The van der Waals surface area contributed by atoms with Crippen LogP contribution in [-0.4, -0.2) is 3.92 Å². The third-order valence-electron chi connectivity index (χ3n) is 0.325. The van der Waals surface area contributed by atoms with Crippen molar-refractivity contribution < 1.29 is 0 Å². The molecule has 5 heavy (non-hydrogen) atoms. The molecule has 0 N–H and O–H groups in total. The van der Waals surface area contributed by atoms with E-state index in [9.17, 15) is 0 Å². The van der Waals surface area contributed by atoms with E-state index >= 15 is 0 Å². The highest BCUT2D eigenvalue weighted by Gasteiger charge is 1.76. The van der Waals surface area contributed by atoms with E-state index in [1.165, 1.54) is 0 Å². The number of alkyl halides is 1. The van der Waals surface area contributed by atoms with Crippen LogP contribution in [-0.2, 0) is 0 Å². The molecule has 0 spiro atoms. The third-order valence-corrected chi connectivity index (χ3v) is 0.833. The lowest BCUT2D eigenvalue weighted by Crippen LogP contribution is -1.73. The largest absolute Gasteiger partial charge is 0.102 e. The Morgan fingerprint density at radius 1 is 2.00 bits per heavy atom. The van der Waals surface area contributed by atoms with Gasteiger partial charge in [-0.05, 0) is 6.92 Å². The molecular weight excluding hydrogens is 175 g/mol. The number of hydrogen-bond acceptors (Lipinski definition) is 0. The second-order valence-corrected chi connectivity index (χ2v) is 2.88. The van der Waals surface area contributed by atoms with E-state index in [0.717, 1.165) is 0 Å². The molecule has 1 heteroatoms. The molecule has 0 aromatic heterocycles. The number of hydrogen-bond donors (Lipinski definition) is 0. The van der Waals surface area contributed by atoms with Crippen LogP contribution in [0.5, 0.6) is 0 Å². The van der Waals surface area contributed by atoms with Crippen LogP contribution in [0.3, 0.4) is 0 Å². The maximum atomic E-state index is 3.55. The molecule has 0 radical (unpaired) electrons. The van der Waals surface area contributed by atoms with Crippen LogP contribution in [0.4, 0.5) is 0 Å². The predicted molar refractivity (Wildman–Crippen MR) is 33.7 cm³/mol. The van der Waals surface area contributed by atoms with E-state index in [-0.39, 0.29) is 0 Å². The zero-order valence-corrected chi connectivity index (χ0v) is 5.40. The molecule has 0 aliphatic rings. The molecule has 0 rings (SSSR count). The summed E-state index contributed by atoms with van der Waals surface area (Å²) in [5.74, 6) is 0. The third kappa shape index (κ3) is 4.47. The van der Waals surface area contributed by atoms with Crippen LogP contribution in [0.25, 0.3) is 0 Å². The van der Waals surface area contributed by atoms with E-state index in [0.29, 0.717) is 3.92 Å². The Kier molecular flexibility index (Phi) is 2.95. The Balaban J connectivity index is 2.83. The zero-order chi connectivity index (χ0) is 4.28. The first-order valence-electron chi connectivity index (χ1n) is 1.54. The van der Waals surface area contributed by atoms with Crippen molar-refractivity contribution in [2.75, 3.05) is 0 Å². The second kappa shape index (κ2) is 2.69. The summed E-state index contributed by atoms with van der Waals surface area (Å²) in [6.45, 7) is 5.64. The fourth-order valence-electron chi connectivity index (χ4n) is 0. The van der Waals surface area contributed by atoms with Gasteiger partial charge in [0, 0.05) is 3.92 Å². The van der Waals surface area contributed by atoms with Crippen molar-refractivity contribution in [3.8, 4) is 0 Å². The maximum absolute atomic E-state index is 3.55. The average Bonchev–Trinajstić information content (AvgIpc) is 1.38. The van der Waals surface area contributed by atoms with Crippen LogP contribution >= 0.6 is 22.6 Å². The lowest BCUT2D eigenvalue weighted by Gasteiger charge is -1.81. The van der Waals surface area contributed by atoms with Crippen LogP contribution in [0.2, 0.25) is 0 Å². The van der Waals surface area contributed by atoms with Crippen LogP contribution in [0.1, 0.15) is 6.92 Å². The van der Waals surface area contributed by atoms with Crippen molar-refractivity contribution in [3.05, 3.63) is 12.7 Å². The van der Waals surface area contributed by atoms with Crippen molar-refractivity contribution in [1.82, 2.24) is 0 Å². The van der Waals surface area contributed by atoms with Crippen molar-refractivity contribution in [2.24, 2.45) is 0 Å². The first kappa shape index (κ1) is 5.47. The fraction of sp³-hybridized carbons (Fsp3) is 0.500. The molecule has 0 aliphatic heterocycles. The predicted octanol–water partition coefficient (Wildman–Crippen LogP) is 2.00. The molecular formula is C4H7I. The quantitative estimate of drug-likeness (QED) is 0.330. The minimum absolute atomic E-state index is 0.618. The molecule has 0 nitrogen and oxygen atoms in total. The summed E-state index contributed by atoms with van der Waals surface area (Å²) >= 11 is 2.29. The van der Waals surface area contributed by atoms with Gasteiger partial charge in [-0.2, -0.15) is 0 Å². The molecule has 0 saturated heterocycles. The molecule has 0 fully saturated rings. The monoisotopic (exact) mass is 182 g/mol. The van der Waals surface area contributed by atoms with Crippen LogP contribution in [0, 0.1) is 0 Å². The van der Waals surface area contributed by atoms with E-state index < -0.39 is 0 Å². The van der Waals surface area contributed by atoms with Crippen LogP contribution in [0.15, 0.2) is 12.7 Å². The average molecular weight is 182 g/mol. The Morgan fingerprint density at radius 3 is 2.20 bits per heavy atom. The summed E-state index contributed by atoms with van der Waals surface area (Å²) in [4.78, 5) is 0. The van der Waals surface area contributed by atoms with E-state index in [1.807, 2.05) is 6.08 Å². The molecule has 1 unspecified atom stereocenters. The smallest absolute Gasteiger partial charge is 0.0258 e. The van der Waals surface area contributed by atoms with Crippen molar-refractivity contribution in [1.29, 1.82) is 0 Å². The molecule has 0 amide bonds. The molecule has 0 saturated carbocycles. The van der Waals surface area contributed by atoms with Gasteiger partial charge in [-0.3, -0.25) is 0 Å². The van der Waals surface area contributed by atoms with Gasteiger partial charge in [0.1, 0.15) is 0 Å². The van der Waals surface area contributed by atoms with Gasteiger partial charge in [-0.1, -0.05) is 28.7 Å². The summed E-state index contributed by atoms with van der Waals surface area (Å²) in [6, 6.07) is 0. The number of rotatable bonds is 1. The highest BCUT2D eigenvalue weighted by atomic mass is 127. The SMILES string of the molecule is C=CC(C)I. The Morgan fingerprint density at radius 2 is 2.20 bits per heavy atom. The van der Waals surface area contributed by atoms with Gasteiger partial charge in [0.2, 0.25) is 0 Å². The minimum atomic E-state index is 0.618. The van der Waals surface area contributed by atoms with Gasteiger partial charge < -0.3 is 0 Å². The molecule has 0 aromatic carbocycles. The Labute approximate surface area is 46.4 Å². The molecule has 0 bridgehead atoms. The Hall–Kier alpha value is 0.470. The molecule has 1 atom stereocenters. The van der Waals surface area contributed by atoms with Crippen molar-refractivity contribution in [3.63, 3.8) is 0 Å². The summed E-state index contributed by atoms with van der Waals surface area (Å²) < 4.78 is 0.618. The van der Waals surface area contributed by atoms with Crippen molar-refractivity contribution >= 4 is 22.6 Å². The summed E-state index contributed by atoms with van der Waals surface area (Å²) in [7, 11) is 0. The van der Waals surface area contributed by atoms with E-state index in [4.69, 9.17) is 0 Å². The fourth-order valence-corrected chi connectivity index (χ4v) is 0. The van der Waals surface area contributed by atoms with Gasteiger partial charge in [-0.15, -0.1) is 6.58 Å². The first-order valence-corrected chi connectivity index (χ1v) is 2.78. The highest BCUT2D eigenvalue weighted by Crippen LogP contribution is 1.95. The Bertz CT molecular complexity index is 30.6. The first-order chi connectivity index (χ1) is 2.27. The molecule has 30 valence electrons. The van der Waals surface area contributed by atoms with Gasteiger partial charge >= 0.3 is 0 Å². The van der Waals surface area contributed by atoms with Gasteiger partial charge in [0.05, 0.1) is 0 Å². The summed E-state index contributed by atoms with van der Waals surface area (Å²) in [5.41, 5.74) is 0. The standard InChI is InChI=1S/C4H7I/c1-3-4(2)5/h3-4H,1H2,2H3. The summed E-state index contributed by atoms with van der Waals surface area (Å²) in [6.07, 6.45) is 1.90. The lowest BCUT2D eigenvalue weighted by molar-refractivity contribution is 1.31. The van der Waals surface area contributed by atoms with Gasteiger partial charge in [-0.25, -0.2) is 0 Å². The summed E-state index contributed by atoms with van der Waals surface area (Å²) in [5, 5.41) is 0. The van der Waals surface area contributed by atoms with Crippen molar-refractivity contribution in [2.45, 2.75) is 10.8 Å².